The zero-order valence-electron chi connectivity index (χ0n) is 12.4. The van der Waals surface area contributed by atoms with Gasteiger partial charge in [-0.1, -0.05) is 0 Å². The molecule has 0 saturated carbocycles. The van der Waals surface area contributed by atoms with Gasteiger partial charge in [0.2, 0.25) is 0 Å². The standard InChI is InChI=1S/C14H21NO4.ClH/c1-5-18-14(17)11-6-7-13(12(16)10-11)19-9-8-15(2,3)4;/h6-7,10H,5,8-9H2,1-4H3;1H. The summed E-state index contributed by atoms with van der Waals surface area (Å²) >= 11 is 0. The average molecular weight is 304 g/mol. The highest BCUT2D eigenvalue weighted by Crippen LogP contribution is 2.27. The van der Waals surface area contributed by atoms with Crippen molar-refractivity contribution in [2.75, 3.05) is 40.9 Å². The molecule has 20 heavy (non-hydrogen) atoms. The fraction of sp³-hybridized carbons (Fsp3) is 0.500. The molecule has 0 aromatic heterocycles. The Morgan fingerprint density at radius 2 is 1.95 bits per heavy atom. The molecule has 0 aliphatic carbocycles. The molecule has 0 radical (unpaired) electrons. The molecule has 5 nitrogen and oxygen atoms in total. The van der Waals surface area contributed by atoms with Gasteiger partial charge >= 0.3 is 5.97 Å². The van der Waals surface area contributed by atoms with Gasteiger partial charge in [-0.05, 0) is 25.1 Å². The van der Waals surface area contributed by atoms with E-state index >= 15 is 0 Å². The SMILES string of the molecule is CCOC(=O)c1ccc(OCC[N+](C)(C)C)c(O)c1.[Cl-]. The lowest BCUT2D eigenvalue weighted by atomic mass is 10.2. The van der Waals surface area contributed by atoms with Gasteiger partial charge in [0, 0.05) is 0 Å². The van der Waals surface area contributed by atoms with E-state index in [0.717, 1.165) is 11.0 Å². The number of halogens is 1. The minimum Gasteiger partial charge on any atom is -1.00 e. The molecular formula is C14H22ClNO4. The van der Waals surface area contributed by atoms with E-state index < -0.39 is 5.97 Å². The number of phenols is 1. The summed E-state index contributed by atoms with van der Waals surface area (Å²) in [5.74, 6) is -0.121. The lowest BCUT2D eigenvalue weighted by Gasteiger charge is -2.23. The van der Waals surface area contributed by atoms with Crippen LogP contribution in [0.25, 0.3) is 0 Å². The van der Waals surface area contributed by atoms with Crippen LogP contribution in [0.15, 0.2) is 18.2 Å². The Bertz CT molecular complexity index is 443. The average Bonchev–Trinajstić information content (AvgIpc) is 2.30. The Balaban J connectivity index is 0.00000361. The summed E-state index contributed by atoms with van der Waals surface area (Å²) in [4.78, 5) is 11.5. The van der Waals surface area contributed by atoms with E-state index in [4.69, 9.17) is 9.47 Å². The highest BCUT2D eigenvalue weighted by Gasteiger charge is 2.12. The predicted octanol–water partition coefficient (Wildman–Crippen LogP) is -1.34. The third kappa shape index (κ3) is 6.12. The highest BCUT2D eigenvalue weighted by molar-refractivity contribution is 5.90. The Hall–Kier alpha value is -1.46. The van der Waals surface area contributed by atoms with E-state index in [1.807, 2.05) is 0 Å². The summed E-state index contributed by atoms with van der Waals surface area (Å²) in [5, 5.41) is 9.80. The molecule has 0 bridgehead atoms. The zero-order valence-corrected chi connectivity index (χ0v) is 13.1. The van der Waals surface area contributed by atoms with Crippen LogP contribution in [0, 0.1) is 0 Å². The largest absolute Gasteiger partial charge is 1.00 e. The number of benzene rings is 1. The third-order valence-electron chi connectivity index (χ3n) is 2.49. The first-order valence-corrected chi connectivity index (χ1v) is 6.27. The zero-order chi connectivity index (χ0) is 14.5. The number of quaternary nitrogens is 1. The molecule has 0 aliphatic heterocycles. The number of carbonyl (C=O) groups is 1. The molecule has 0 fully saturated rings. The lowest BCUT2D eigenvalue weighted by Crippen LogP contribution is -3.00. The van der Waals surface area contributed by atoms with E-state index in [9.17, 15) is 9.90 Å². The van der Waals surface area contributed by atoms with Crippen LogP contribution in [0.1, 0.15) is 17.3 Å². The van der Waals surface area contributed by atoms with Crippen molar-refractivity contribution in [2.24, 2.45) is 0 Å². The van der Waals surface area contributed by atoms with Gasteiger partial charge in [-0.2, -0.15) is 0 Å². The number of hydrogen-bond donors (Lipinski definition) is 1. The maximum absolute atomic E-state index is 11.5. The summed E-state index contributed by atoms with van der Waals surface area (Å²) in [7, 11) is 6.19. The molecule has 0 unspecified atom stereocenters. The van der Waals surface area contributed by atoms with Gasteiger partial charge in [0.1, 0.15) is 13.2 Å². The predicted molar refractivity (Wildman–Crippen MR) is 72.5 cm³/mol. The van der Waals surface area contributed by atoms with Gasteiger partial charge in [0.25, 0.3) is 0 Å². The van der Waals surface area contributed by atoms with E-state index in [-0.39, 0.29) is 18.2 Å². The van der Waals surface area contributed by atoms with Crippen LogP contribution in [0.5, 0.6) is 11.5 Å². The second-order valence-corrected chi connectivity index (χ2v) is 5.27. The van der Waals surface area contributed by atoms with Crippen LogP contribution < -0.4 is 17.1 Å². The van der Waals surface area contributed by atoms with Crippen molar-refractivity contribution >= 4 is 5.97 Å². The van der Waals surface area contributed by atoms with Crippen molar-refractivity contribution in [2.45, 2.75) is 6.92 Å². The second-order valence-electron chi connectivity index (χ2n) is 5.27. The van der Waals surface area contributed by atoms with Gasteiger partial charge in [0.15, 0.2) is 11.5 Å². The van der Waals surface area contributed by atoms with E-state index in [1.54, 1.807) is 19.1 Å². The number of nitrogens with zero attached hydrogens (tertiary/aromatic N) is 1. The van der Waals surface area contributed by atoms with Crippen molar-refractivity contribution in [1.82, 2.24) is 0 Å². The number of likely N-dealkylation sites (N-methyl/N-ethyl adjacent to an activating group) is 1. The summed E-state index contributed by atoms with van der Waals surface area (Å²) in [6.45, 7) is 3.36. The van der Waals surface area contributed by atoms with Crippen molar-refractivity contribution in [3.8, 4) is 11.5 Å². The first-order valence-electron chi connectivity index (χ1n) is 6.27. The van der Waals surface area contributed by atoms with Crippen LogP contribution in [0.4, 0.5) is 0 Å². The molecule has 1 aromatic carbocycles. The van der Waals surface area contributed by atoms with Crippen LogP contribution in [-0.2, 0) is 4.74 Å². The maximum atomic E-state index is 11.5. The molecule has 0 amide bonds. The van der Waals surface area contributed by atoms with E-state index in [2.05, 4.69) is 21.1 Å². The van der Waals surface area contributed by atoms with Gasteiger partial charge < -0.3 is 31.5 Å². The number of rotatable bonds is 6. The smallest absolute Gasteiger partial charge is 0.338 e. The Morgan fingerprint density at radius 3 is 2.45 bits per heavy atom. The number of aromatic hydroxyl groups is 1. The van der Waals surface area contributed by atoms with Crippen molar-refractivity contribution in [1.29, 1.82) is 0 Å². The summed E-state index contributed by atoms with van der Waals surface area (Å²) in [6.07, 6.45) is 0. The number of esters is 1. The van der Waals surface area contributed by atoms with E-state index in [1.165, 1.54) is 6.07 Å². The molecule has 0 aliphatic rings. The number of ether oxygens (including phenoxy) is 2. The van der Waals surface area contributed by atoms with E-state index in [0.29, 0.717) is 24.5 Å². The van der Waals surface area contributed by atoms with Crippen molar-refractivity contribution in [3.05, 3.63) is 23.8 Å². The quantitative estimate of drug-likeness (QED) is 0.522. The van der Waals surface area contributed by atoms with Crippen LogP contribution in [0.2, 0.25) is 0 Å². The molecular weight excluding hydrogens is 282 g/mol. The van der Waals surface area contributed by atoms with Crippen LogP contribution in [-0.4, -0.2) is 56.5 Å². The molecule has 0 spiro atoms. The molecule has 114 valence electrons. The summed E-state index contributed by atoms with van der Waals surface area (Å²) in [5.41, 5.74) is 0.318. The fourth-order valence-electron chi connectivity index (χ4n) is 1.41. The lowest BCUT2D eigenvalue weighted by molar-refractivity contribution is -0.870. The van der Waals surface area contributed by atoms with Crippen molar-refractivity contribution < 1.29 is 36.3 Å². The van der Waals surface area contributed by atoms with Crippen molar-refractivity contribution in [3.63, 3.8) is 0 Å². The Kier molecular flexibility index (Phi) is 7.39. The minimum atomic E-state index is -0.448. The van der Waals surface area contributed by atoms with Gasteiger partial charge in [0.05, 0.1) is 33.3 Å². The topological polar surface area (TPSA) is 55.8 Å². The van der Waals surface area contributed by atoms with Gasteiger partial charge in [-0.25, -0.2) is 4.79 Å². The molecule has 1 aromatic rings. The highest BCUT2D eigenvalue weighted by atomic mass is 35.5. The molecule has 6 heteroatoms. The molecule has 1 N–H and O–H groups in total. The minimum absolute atomic E-state index is 0. The van der Waals surface area contributed by atoms with Gasteiger partial charge in [-0.3, -0.25) is 0 Å². The monoisotopic (exact) mass is 303 g/mol. The second kappa shape index (κ2) is 7.97. The fourth-order valence-corrected chi connectivity index (χ4v) is 1.41. The first kappa shape index (κ1) is 18.5. The Labute approximate surface area is 126 Å². The molecule has 0 saturated heterocycles. The van der Waals surface area contributed by atoms with Crippen LogP contribution in [0.3, 0.4) is 0 Å². The van der Waals surface area contributed by atoms with Gasteiger partial charge in [-0.15, -0.1) is 0 Å². The molecule has 1 rings (SSSR count). The Morgan fingerprint density at radius 1 is 1.30 bits per heavy atom. The first-order chi connectivity index (χ1) is 8.83. The summed E-state index contributed by atoms with van der Waals surface area (Å²) in [6, 6.07) is 4.52. The molecule has 0 atom stereocenters. The molecule has 0 heterocycles. The number of carbonyl (C=O) groups excluding carboxylic acids is 1. The summed E-state index contributed by atoms with van der Waals surface area (Å²) < 4.78 is 11.1. The normalized spacial score (nSPS) is 10.6. The maximum Gasteiger partial charge on any atom is 0.338 e. The number of hydrogen-bond acceptors (Lipinski definition) is 4. The number of phenolic OH excluding ortho intramolecular Hbond substituents is 1. The van der Waals surface area contributed by atoms with Crippen LogP contribution >= 0.6 is 0 Å². The third-order valence-corrected chi connectivity index (χ3v) is 2.49.